The lowest BCUT2D eigenvalue weighted by molar-refractivity contribution is -0.108. The lowest BCUT2D eigenvalue weighted by atomic mass is 10.1. The van der Waals surface area contributed by atoms with Crippen molar-refractivity contribution in [2.24, 2.45) is 5.73 Å². The summed E-state index contributed by atoms with van der Waals surface area (Å²) in [6.45, 7) is 4.08. The average Bonchev–Trinajstić information content (AvgIpc) is 3.46. The summed E-state index contributed by atoms with van der Waals surface area (Å²) in [5, 5.41) is 0.934. The van der Waals surface area contributed by atoms with Crippen molar-refractivity contribution in [3.63, 3.8) is 0 Å². The van der Waals surface area contributed by atoms with Crippen molar-refractivity contribution in [1.29, 1.82) is 0 Å². The Morgan fingerprint density at radius 2 is 1.60 bits per heavy atom. The van der Waals surface area contributed by atoms with E-state index in [0.29, 0.717) is 39.8 Å². The molecule has 12 heteroatoms. The second kappa shape index (κ2) is 16.3. The number of nitrogens with zero attached hydrogens (tertiary/aromatic N) is 5. The van der Waals surface area contributed by atoms with Gasteiger partial charge in [0.05, 0.1) is 31.3 Å². The van der Waals surface area contributed by atoms with E-state index in [0.717, 1.165) is 44.0 Å². The lowest BCUT2D eigenvalue weighted by Gasteiger charge is -2.26. The molecule has 0 saturated carbocycles. The standard InChI is InChI=1S/C32H31Cl2N5O4.CH5N/c1-36(14-17-40)32(42)29-31(38(22-41)21-24-8-6-23(7-9-24)20-37-15-18-43-19-16-37)35-30(27-4-2-3-5-28(27)34)39(29)26-12-10-25(33)11-13-26;1-2/h2-13,17,22H,14-16,18-21H2,1H3;2H2,1H3. The van der Waals surface area contributed by atoms with Gasteiger partial charge in [0.1, 0.15) is 12.1 Å². The number of hydrogen-bond donors (Lipinski definition) is 1. The Morgan fingerprint density at radius 3 is 2.22 bits per heavy atom. The third-order valence-electron chi connectivity index (χ3n) is 7.24. The first-order valence-electron chi connectivity index (χ1n) is 14.4. The number of carbonyl (C=O) groups excluding carboxylic acids is 3. The molecular weight excluding hydrogens is 615 g/mol. The van der Waals surface area contributed by atoms with Crippen molar-refractivity contribution in [2.45, 2.75) is 13.1 Å². The Labute approximate surface area is 272 Å². The number of amides is 2. The number of aromatic nitrogens is 2. The number of benzene rings is 3. The van der Waals surface area contributed by atoms with Gasteiger partial charge in [0, 0.05) is 43.0 Å². The maximum atomic E-state index is 13.9. The van der Waals surface area contributed by atoms with Crippen molar-refractivity contribution in [1.82, 2.24) is 19.4 Å². The molecule has 1 fully saturated rings. The van der Waals surface area contributed by atoms with Crippen LogP contribution in [0.2, 0.25) is 10.0 Å². The van der Waals surface area contributed by atoms with Crippen LogP contribution in [0.4, 0.5) is 5.82 Å². The molecule has 4 aromatic rings. The first-order chi connectivity index (χ1) is 21.9. The van der Waals surface area contributed by atoms with Gasteiger partial charge >= 0.3 is 0 Å². The molecular formula is C33H36Cl2N6O4. The van der Waals surface area contributed by atoms with Crippen LogP contribution in [0, 0.1) is 0 Å². The topological polar surface area (TPSA) is 114 Å². The Kier molecular flexibility index (Phi) is 12.3. The fraction of sp³-hybridized carbons (Fsp3) is 0.273. The van der Waals surface area contributed by atoms with Crippen molar-refractivity contribution in [3.05, 3.63) is 99.7 Å². The summed E-state index contributed by atoms with van der Waals surface area (Å²) >= 11 is 12.8. The molecule has 0 unspecified atom stereocenters. The molecule has 5 rings (SSSR count). The summed E-state index contributed by atoms with van der Waals surface area (Å²) in [5.41, 5.74) is 7.77. The van der Waals surface area contributed by atoms with Crippen LogP contribution >= 0.6 is 23.2 Å². The molecule has 1 aliphatic rings. The average molecular weight is 652 g/mol. The first kappa shape index (κ1) is 33.8. The first-order valence-corrected chi connectivity index (χ1v) is 15.2. The van der Waals surface area contributed by atoms with Crippen LogP contribution in [0.1, 0.15) is 21.6 Å². The summed E-state index contributed by atoms with van der Waals surface area (Å²) in [4.78, 5) is 47.8. The molecule has 2 heterocycles. The van der Waals surface area contributed by atoms with Gasteiger partial charge < -0.3 is 20.2 Å². The van der Waals surface area contributed by atoms with Gasteiger partial charge in [-0.1, -0.05) is 59.6 Å². The minimum atomic E-state index is -0.490. The molecule has 1 aromatic heterocycles. The quantitative estimate of drug-likeness (QED) is 0.234. The molecule has 2 amide bonds. The third-order valence-corrected chi connectivity index (χ3v) is 7.82. The summed E-state index contributed by atoms with van der Waals surface area (Å²) < 4.78 is 7.09. The van der Waals surface area contributed by atoms with Crippen molar-refractivity contribution in [3.8, 4) is 17.1 Å². The molecule has 0 atom stereocenters. The summed E-state index contributed by atoms with van der Waals surface area (Å²) in [6.07, 6.45) is 1.30. The number of anilines is 1. The van der Waals surface area contributed by atoms with E-state index in [-0.39, 0.29) is 24.6 Å². The van der Waals surface area contributed by atoms with Crippen LogP contribution < -0.4 is 10.6 Å². The fourth-order valence-electron chi connectivity index (χ4n) is 4.97. The molecule has 45 heavy (non-hydrogen) atoms. The molecule has 3 aromatic carbocycles. The zero-order valence-corrected chi connectivity index (χ0v) is 26.7. The number of carbonyl (C=O) groups is 3. The van der Waals surface area contributed by atoms with Gasteiger partial charge in [-0.15, -0.1) is 0 Å². The van der Waals surface area contributed by atoms with Crippen LogP contribution in [0.15, 0.2) is 72.8 Å². The van der Waals surface area contributed by atoms with Crippen LogP contribution in [0.5, 0.6) is 0 Å². The van der Waals surface area contributed by atoms with Crippen LogP contribution in [0.25, 0.3) is 17.1 Å². The maximum Gasteiger partial charge on any atom is 0.274 e. The highest BCUT2D eigenvalue weighted by Gasteiger charge is 2.31. The van der Waals surface area contributed by atoms with Gasteiger partial charge in [0.15, 0.2) is 11.5 Å². The Hall–Kier alpha value is -4.06. The zero-order valence-electron chi connectivity index (χ0n) is 25.2. The highest BCUT2D eigenvalue weighted by atomic mass is 35.5. The third kappa shape index (κ3) is 8.16. The molecule has 236 valence electrons. The molecule has 1 aliphatic heterocycles. The van der Waals surface area contributed by atoms with Gasteiger partial charge in [-0.25, -0.2) is 4.98 Å². The minimum absolute atomic E-state index is 0.109. The van der Waals surface area contributed by atoms with Gasteiger partial charge in [-0.3, -0.25) is 24.0 Å². The monoisotopic (exact) mass is 650 g/mol. The molecule has 0 aliphatic carbocycles. The number of morpholine rings is 1. The number of imidazole rings is 1. The summed E-state index contributed by atoms with van der Waals surface area (Å²) in [6, 6.07) is 22.1. The van der Waals surface area contributed by atoms with Gasteiger partial charge in [-0.2, -0.15) is 0 Å². The maximum absolute atomic E-state index is 13.9. The summed E-state index contributed by atoms with van der Waals surface area (Å²) in [7, 11) is 3.02. The van der Waals surface area contributed by atoms with E-state index in [9.17, 15) is 14.4 Å². The van der Waals surface area contributed by atoms with Crippen molar-refractivity contribution in [2.75, 3.05) is 51.8 Å². The Morgan fingerprint density at radius 1 is 0.956 bits per heavy atom. The van der Waals surface area contributed by atoms with E-state index in [4.69, 9.17) is 32.9 Å². The number of halogens is 2. The van der Waals surface area contributed by atoms with Gasteiger partial charge in [0.2, 0.25) is 6.41 Å². The Bertz CT molecular complexity index is 1590. The zero-order chi connectivity index (χ0) is 32.3. The summed E-state index contributed by atoms with van der Waals surface area (Å²) in [5.74, 6) is 0.00839. The van der Waals surface area contributed by atoms with E-state index >= 15 is 0 Å². The number of likely N-dealkylation sites (N-methyl/N-ethyl adjacent to an activating group) is 1. The van der Waals surface area contributed by atoms with Crippen molar-refractivity contribution < 1.29 is 19.1 Å². The van der Waals surface area contributed by atoms with E-state index in [1.54, 1.807) is 47.0 Å². The van der Waals surface area contributed by atoms with Crippen LogP contribution in [-0.2, 0) is 27.4 Å². The number of hydrogen-bond acceptors (Lipinski definition) is 7. The van der Waals surface area contributed by atoms with E-state index < -0.39 is 5.91 Å². The molecule has 2 N–H and O–H groups in total. The predicted octanol–water partition coefficient (Wildman–Crippen LogP) is 4.69. The van der Waals surface area contributed by atoms with Crippen LogP contribution in [0.3, 0.4) is 0 Å². The number of rotatable bonds is 11. The van der Waals surface area contributed by atoms with Gasteiger partial charge in [-0.05, 0) is 54.6 Å². The van der Waals surface area contributed by atoms with Gasteiger partial charge in [0.25, 0.3) is 5.91 Å². The lowest BCUT2D eigenvalue weighted by Crippen LogP contribution is -2.35. The SMILES string of the molecule is CN.CN(CC=O)C(=O)c1c(N(C=O)Cc2ccc(CN3CCOCC3)cc2)nc(-c2ccccc2Cl)n1-c1ccc(Cl)cc1. The largest absolute Gasteiger partial charge is 0.379 e. The number of nitrogens with two attached hydrogens (primary N) is 1. The van der Waals surface area contributed by atoms with E-state index in [1.165, 1.54) is 23.9 Å². The number of ether oxygens (including phenoxy) is 1. The molecule has 0 spiro atoms. The highest BCUT2D eigenvalue weighted by Crippen LogP contribution is 2.36. The number of aldehydes is 1. The molecule has 0 bridgehead atoms. The normalized spacial score (nSPS) is 13.0. The van der Waals surface area contributed by atoms with Crippen molar-refractivity contribution >= 4 is 47.6 Å². The molecule has 10 nitrogen and oxygen atoms in total. The van der Waals surface area contributed by atoms with Crippen LogP contribution in [-0.4, -0.2) is 84.9 Å². The minimum Gasteiger partial charge on any atom is -0.379 e. The second-order valence-electron chi connectivity index (χ2n) is 10.2. The smallest absolute Gasteiger partial charge is 0.274 e. The highest BCUT2D eigenvalue weighted by molar-refractivity contribution is 6.33. The van der Waals surface area contributed by atoms with E-state index in [2.05, 4.69) is 10.6 Å². The molecule has 1 saturated heterocycles. The Balaban J connectivity index is 0.00000226. The predicted molar refractivity (Wildman–Crippen MR) is 177 cm³/mol. The molecule has 0 radical (unpaired) electrons. The fourth-order valence-corrected chi connectivity index (χ4v) is 5.31. The van der Waals surface area contributed by atoms with E-state index in [1.807, 2.05) is 30.3 Å². The second-order valence-corrected chi connectivity index (χ2v) is 11.0.